The summed E-state index contributed by atoms with van der Waals surface area (Å²) >= 11 is 1.52. The predicted molar refractivity (Wildman–Crippen MR) is 144 cm³/mol. The van der Waals surface area contributed by atoms with Crippen LogP contribution in [0.4, 0.5) is 5.13 Å². The lowest BCUT2D eigenvalue weighted by atomic mass is 10.2. The molecule has 0 saturated carbocycles. The van der Waals surface area contributed by atoms with E-state index in [1.165, 1.54) is 11.3 Å². The highest BCUT2D eigenvalue weighted by Gasteiger charge is 2.22. The van der Waals surface area contributed by atoms with Crippen LogP contribution < -0.4 is 14.4 Å². The van der Waals surface area contributed by atoms with Gasteiger partial charge in [-0.15, -0.1) is 12.4 Å². The van der Waals surface area contributed by atoms with Gasteiger partial charge in [0.1, 0.15) is 17.0 Å². The number of benzene rings is 2. The molecule has 0 N–H and O–H groups in total. The maximum Gasteiger partial charge on any atom is 0.260 e. The van der Waals surface area contributed by atoms with E-state index >= 15 is 0 Å². The van der Waals surface area contributed by atoms with Crippen LogP contribution in [0.1, 0.15) is 49.9 Å². The van der Waals surface area contributed by atoms with E-state index < -0.39 is 0 Å². The van der Waals surface area contributed by atoms with Crippen LogP contribution >= 0.6 is 23.7 Å². The van der Waals surface area contributed by atoms with Gasteiger partial charge in [0.2, 0.25) is 0 Å². The number of unbranched alkanes of at least 4 members (excludes halogenated alkanes) is 2. The number of nitrogens with zero attached hydrogens (tertiary/aromatic N) is 3. The van der Waals surface area contributed by atoms with Crippen molar-refractivity contribution in [3.63, 3.8) is 0 Å². The van der Waals surface area contributed by atoms with Crippen LogP contribution in [0.2, 0.25) is 0 Å². The number of rotatable bonds is 13. The number of ether oxygens (including phenoxy) is 2. The summed E-state index contributed by atoms with van der Waals surface area (Å²) in [7, 11) is 4.08. The molecule has 8 heteroatoms. The lowest BCUT2D eigenvalue weighted by Gasteiger charge is -2.21. The van der Waals surface area contributed by atoms with Crippen LogP contribution in [0.25, 0.3) is 10.2 Å². The Hall–Kier alpha value is -2.35. The Morgan fingerprint density at radius 2 is 1.74 bits per heavy atom. The first-order chi connectivity index (χ1) is 16.0. The molecule has 0 saturated heterocycles. The lowest BCUT2D eigenvalue weighted by Crippen LogP contribution is -2.33. The highest BCUT2D eigenvalue weighted by atomic mass is 35.5. The van der Waals surface area contributed by atoms with Crippen LogP contribution in [0, 0.1) is 0 Å². The van der Waals surface area contributed by atoms with E-state index in [4.69, 9.17) is 14.5 Å². The largest absolute Gasteiger partial charge is 0.494 e. The quantitative estimate of drug-likeness (QED) is 0.256. The first-order valence-corrected chi connectivity index (χ1v) is 12.6. The van der Waals surface area contributed by atoms with Crippen molar-refractivity contribution in [2.24, 2.45) is 0 Å². The molecule has 186 valence electrons. The summed E-state index contributed by atoms with van der Waals surface area (Å²) in [4.78, 5) is 22.3. The van der Waals surface area contributed by atoms with E-state index in [1.54, 1.807) is 4.90 Å². The molecular weight excluding hydrogens is 470 g/mol. The summed E-state index contributed by atoms with van der Waals surface area (Å²) in [6.07, 6.45) is 4.22. The minimum Gasteiger partial charge on any atom is -0.494 e. The van der Waals surface area contributed by atoms with Crippen molar-refractivity contribution in [2.45, 2.75) is 39.5 Å². The normalized spacial score (nSPS) is 10.9. The van der Waals surface area contributed by atoms with E-state index in [0.29, 0.717) is 30.5 Å². The van der Waals surface area contributed by atoms with Crippen molar-refractivity contribution in [3.8, 4) is 11.5 Å². The minimum absolute atomic E-state index is 0. The van der Waals surface area contributed by atoms with Gasteiger partial charge in [-0.05, 0) is 76.8 Å². The first kappa shape index (κ1) is 27.9. The number of anilines is 1. The molecule has 34 heavy (non-hydrogen) atoms. The Labute approximate surface area is 213 Å². The average Bonchev–Trinajstić information content (AvgIpc) is 3.24. The lowest BCUT2D eigenvalue weighted by molar-refractivity contribution is 0.0986. The molecule has 0 fully saturated rings. The molecule has 0 bridgehead atoms. The van der Waals surface area contributed by atoms with Gasteiger partial charge in [-0.25, -0.2) is 4.98 Å². The Morgan fingerprint density at radius 3 is 2.41 bits per heavy atom. The second kappa shape index (κ2) is 14.1. The number of halogens is 1. The van der Waals surface area contributed by atoms with Gasteiger partial charge in [-0.3, -0.25) is 9.69 Å². The summed E-state index contributed by atoms with van der Waals surface area (Å²) in [5.74, 6) is 1.49. The van der Waals surface area contributed by atoms with Crippen molar-refractivity contribution in [2.75, 3.05) is 45.3 Å². The van der Waals surface area contributed by atoms with Crippen molar-refractivity contribution in [3.05, 3.63) is 48.0 Å². The van der Waals surface area contributed by atoms with Gasteiger partial charge in [-0.1, -0.05) is 37.2 Å². The molecule has 0 aliphatic carbocycles. The van der Waals surface area contributed by atoms with Crippen LogP contribution in [0.5, 0.6) is 11.5 Å². The number of thiazole rings is 1. The molecule has 0 aliphatic rings. The average molecular weight is 506 g/mol. The second-order valence-electron chi connectivity index (χ2n) is 8.23. The maximum absolute atomic E-state index is 13.5. The molecule has 3 rings (SSSR count). The smallest absolute Gasteiger partial charge is 0.260 e. The van der Waals surface area contributed by atoms with Gasteiger partial charge in [0.05, 0.1) is 17.9 Å². The van der Waals surface area contributed by atoms with Crippen molar-refractivity contribution >= 4 is 45.0 Å². The number of amides is 1. The number of para-hydroxylation sites is 1. The second-order valence-corrected chi connectivity index (χ2v) is 9.24. The van der Waals surface area contributed by atoms with Gasteiger partial charge < -0.3 is 14.4 Å². The van der Waals surface area contributed by atoms with E-state index in [0.717, 1.165) is 53.9 Å². The first-order valence-electron chi connectivity index (χ1n) is 11.7. The number of carbonyl (C=O) groups excluding carboxylic acids is 1. The number of aromatic nitrogens is 1. The summed E-state index contributed by atoms with van der Waals surface area (Å²) in [5.41, 5.74) is 1.44. The molecule has 2 aromatic carbocycles. The summed E-state index contributed by atoms with van der Waals surface area (Å²) in [6.45, 7) is 6.89. The number of hydrogen-bond donors (Lipinski definition) is 0. The van der Waals surface area contributed by atoms with Gasteiger partial charge >= 0.3 is 0 Å². The van der Waals surface area contributed by atoms with Crippen molar-refractivity contribution < 1.29 is 14.3 Å². The molecule has 0 spiro atoms. The Morgan fingerprint density at radius 1 is 0.971 bits per heavy atom. The standard InChI is InChI=1S/C26H35N3O3S.ClH/c1-5-7-8-19-32-21-15-13-20(14-16-21)25(30)29(18-10-17-28(3)4)26-27-24-22(31-6-2)11-9-12-23(24)33-26;/h9,11-16H,5-8,10,17-19H2,1-4H3;1H. The molecule has 0 atom stereocenters. The molecule has 1 heterocycles. The Kier molecular flexibility index (Phi) is 11.6. The van der Waals surface area contributed by atoms with Gasteiger partial charge in [0.15, 0.2) is 5.13 Å². The summed E-state index contributed by atoms with van der Waals surface area (Å²) in [5, 5.41) is 0.695. The van der Waals surface area contributed by atoms with Crippen LogP contribution in [-0.4, -0.2) is 56.2 Å². The molecule has 3 aromatic rings. The van der Waals surface area contributed by atoms with E-state index in [9.17, 15) is 4.79 Å². The van der Waals surface area contributed by atoms with Crippen LogP contribution in [0.3, 0.4) is 0 Å². The molecule has 1 amide bonds. The third-order valence-electron chi connectivity index (χ3n) is 5.25. The number of fused-ring (bicyclic) bond motifs is 1. The van der Waals surface area contributed by atoms with Gasteiger partial charge in [0.25, 0.3) is 5.91 Å². The predicted octanol–water partition coefficient (Wildman–Crippen LogP) is 6.28. The third-order valence-corrected chi connectivity index (χ3v) is 6.30. The summed E-state index contributed by atoms with van der Waals surface area (Å²) in [6, 6.07) is 13.3. The molecule has 1 aromatic heterocycles. The Balaban J connectivity index is 0.00000408. The molecule has 0 radical (unpaired) electrons. The molecule has 0 aliphatic heterocycles. The Bertz CT molecular complexity index is 1020. The highest BCUT2D eigenvalue weighted by Crippen LogP contribution is 2.35. The van der Waals surface area contributed by atoms with Gasteiger partial charge in [-0.2, -0.15) is 0 Å². The van der Waals surface area contributed by atoms with Crippen molar-refractivity contribution in [1.82, 2.24) is 9.88 Å². The zero-order chi connectivity index (χ0) is 23.6. The third kappa shape index (κ3) is 7.58. The zero-order valence-corrected chi connectivity index (χ0v) is 22.2. The zero-order valence-electron chi connectivity index (χ0n) is 20.6. The molecule has 0 unspecified atom stereocenters. The fraction of sp³-hybridized carbons (Fsp3) is 0.462. The van der Waals surface area contributed by atoms with E-state index in [1.807, 2.05) is 63.5 Å². The fourth-order valence-electron chi connectivity index (χ4n) is 3.52. The summed E-state index contributed by atoms with van der Waals surface area (Å²) < 4.78 is 12.6. The van der Waals surface area contributed by atoms with Crippen molar-refractivity contribution in [1.29, 1.82) is 0 Å². The number of hydrogen-bond acceptors (Lipinski definition) is 6. The minimum atomic E-state index is -0.0525. The SMILES string of the molecule is CCCCCOc1ccc(C(=O)N(CCCN(C)C)c2nc3c(OCC)cccc3s2)cc1.Cl. The maximum atomic E-state index is 13.5. The van der Waals surface area contributed by atoms with Crippen LogP contribution in [-0.2, 0) is 0 Å². The van der Waals surface area contributed by atoms with E-state index in [-0.39, 0.29) is 18.3 Å². The van der Waals surface area contributed by atoms with E-state index in [2.05, 4.69) is 11.8 Å². The molecule has 6 nitrogen and oxygen atoms in total. The molecular formula is C26H36ClN3O3S. The fourth-order valence-corrected chi connectivity index (χ4v) is 4.53. The van der Waals surface area contributed by atoms with Crippen LogP contribution in [0.15, 0.2) is 42.5 Å². The topological polar surface area (TPSA) is 54.9 Å². The highest BCUT2D eigenvalue weighted by molar-refractivity contribution is 7.22. The van der Waals surface area contributed by atoms with Gasteiger partial charge in [0, 0.05) is 12.1 Å². The monoisotopic (exact) mass is 505 g/mol. The number of carbonyl (C=O) groups is 1.